The second-order valence-corrected chi connectivity index (χ2v) is 8.42. The van der Waals surface area contributed by atoms with Gasteiger partial charge in [-0.2, -0.15) is 0 Å². The van der Waals surface area contributed by atoms with E-state index in [4.69, 9.17) is 9.84 Å². The van der Waals surface area contributed by atoms with Crippen molar-refractivity contribution in [1.82, 2.24) is 15.1 Å². The van der Waals surface area contributed by atoms with E-state index >= 15 is 0 Å². The molecule has 34 heavy (non-hydrogen) atoms. The first-order chi connectivity index (χ1) is 16.5. The number of aliphatic carboxylic acids is 1. The number of unbranched alkanes of at least 4 members (excludes halogenated alkanes) is 2. The molecule has 4 rings (SSSR count). The maximum Gasteiger partial charge on any atom is 0.323 e. The van der Waals surface area contributed by atoms with Gasteiger partial charge in [0, 0.05) is 25.6 Å². The Kier molecular flexibility index (Phi) is 7.41. The summed E-state index contributed by atoms with van der Waals surface area (Å²) in [7, 11) is 0. The summed E-state index contributed by atoms with van der Waals surface area (Å²) in [5.41, 5.74) is 2.75. The van der Waals surface area contributed by atoms with Crippen LogP contribution in [-0.4, -0.2) is 58.3 Å². The van der Waals surface area contributed by atoms with Crippen LogP contribution < -0.4 is 10.1 Å². The summed E-state index contributed by atoms with van der Waals surface area (Å²) in [6, 6.07) is 15.1. The SMILES string of the molecule is O=C(O)CN(Cc1ccccc1)C(=O)CCCCCOc1ccc2c(c1)N=C1NC(=O)CN1C2. The van der Waals surface area contributed by atoms with Crippen LogP contribution in [0.1, 0.15) is 36.8 Å². The van der Waals surface area contributed by atoms with Gasteiger partial charge in [0.25, 0.3) is 0 Å². The fourth-order valence-electron chi connectivity index (χ4n) is 4.01. The summed E-state index contributed by atoms with van der Waals surface area (Å²) in [6.45, 7) is 1.47. The average molecular weight is 465 g/mol. The monoisotopic (exact) mass is 464 g/mol. The minimum atomic E-state index is -1.02. The topological polar surface area (TPSA) is 112 Å². The van der Waals surface area contributed by atoms with Gasteiger partial charge in [-0.3, -0.25) is 19.7 Å². The van der Waals surface area contributed by atoms with Crippen molar-refractivity contribution in [1.29, 1.82) is 0 Å². The van der Waals surface area contributed by atoms with Crippen LogP contribution in [0.25, 0.3) is 0 Å². The van der Waals surface area contributed by atoms with Gasteiger partial charge in [0.2, 0.25) is 17.8 Å². The zero-order valence-corrected chi connectivity index (χ0v) is 18.9. The molecule has 0 unspecified atom stereocenters. The Balaban J connectivity index is 1.19. The van der Waals surface area contributed by atoms with Crippen LogP contribution in [-0.2, 0) is 27.5 Å². The lowest BCUT2D eigenvalue weighted by molar-refractivity contribution is -0.145. The van der Waals surface area contributed by atoms with Crippen molar-refractivity contribution in [3.05, 3.63) is 59.7 Å². The molecular formula is C25H28N4O5. The number of aliphatic imine (C=N–C) groups is 1. The number of benzene rings is 2. The zero-order valence-electron chi connectivity index (χ0n) is 18.9. The molecule has 0 bridgehead atoms. The summed E-state index contributed by atoms with van der Waals surface area (Å²) in [5.74, 6) is 0.0773. The number of carbonyl (C=O) groups excluding carboxylic acids is 2. The first-order valence-electron chi connectivity index (χ1n) is 11.4. The van der Waals surface area contributed by atoms with E-state index in [0.29, 0.717) is 50.8 Å². The van der Waals surface area contributed by atoms with Gasteiger partial charge in [-0.25, -0.2) is 4.99 Å². The molecule has 2 amide bonds. The molecule has 0 saturated carbocycles. The van der Waals surface area contributed by atoms with Crippen molar-refractivity contribution >= 4 is 29.4 Å². The lowest BCUT2D eigenvalue weighted by atomic mass is 10.1. The van der Waals surface area contributed by atoms with Gasteiger partial charge in [0.1, 0.15) is 18.8 Å². The summed E-state index contributed by atoms with van der Waals surface area (Å²) < 4.78 is 5.85. The van der Waals surface area contributed by atoms with E-state index in [1.165, 1.54) is 4.90 Å². The molecular weight excluding hydrogens is 436 g/mol. The summed E-state index contributed by atoms with van der Waals surface area (Å²) in [4.78, 5) is 43.1. The van der Waals surface area contributed by atoms with Gasteiger partial charge in [-0.15, -0.1) is 0 Å². The Hall–Kier alpha value is -3.88. The summed E-state index contributed by atoms with van der Waals surface area (Å²) in [6.07, 6.45) is 2.55. The first kappa shape index (κ1) is 23.3. The minimum absolute atomic E-state index is 0.0485. The number of fused-ring (bicyclic) bond motifs is 2. The molecule has 0 aromatic heterocycles. The van der Waals surface area contributed by atoms with Crippen molar-refractivity contribution in [3.63, 3.8) is 0 Å². The largest absolute Gasteiger partial charge is 0.494 e. The molecule has 178 valence electrons. The lowest BCUT2D eigenvalue weighted by Crippen LogP contribution is -2.35. The molecule has 0 aliphatic carbocycles. The first-order valence-corrected chi connectivity index (χ1v) is 11.4. The van der Waals surface area contributed by atoms with Gasteiger partial charge in [-0.05, 0) is 36.5 Å². The molecule has 2 aliphatic rings. The van der Waals surface area contributed by atoms with Gasteiger partial charge in [0.15, 0.2) is 0 Å². The van der Waals surface area contributed by atoms with Crippen LogP contribution in [0.15, 0.2) is 53.5 Å². The van der Waals surface area contributed by atoms with Gasteiger partial charge in [0.05, 0.1) is 12.3 Å². The van der Waals surface area contributed by atoms with Crippen LogP contribution in [0.3, 0.4) is 0 Å². The van der Waals surface area contributed by atoms with E-state index in [1.54, 1.807) is 0 Å². The summed E-state index contributed by atoms with van der Waals surface area (Å²) in [5, 5.41) is 11.9. The van der Waals surface area contributed by atoms with Crippen LogP contribution >= 0.6 is 0 Å². The number of carboxylic acids is 1. The normalized spacial score (nSPS) is 14.1. The average Bonchev–Trinajstić information content (AvgIpc) is 3.18. The van der Waals surface area contributed by atoms with Crippen LogP contribution in [0.4, 0.5) is 5.69 Å². The second-order valence-electron chi connectivity index (χ2n) is 8.42. The lowest BCUT2D eigenvalue weighted by Gasteiger charge is -2.23. The third-order valence-electron chi connectivity index (χ3n) is 5.73. The standard InChI is InChI=1S/C25H28N4O5/c30-22-16-29-15-19-10-11-20(13-21(19)26-25(29)27-22)34-12-6-2-5-9-23(31)28(17-24(32)33)14-18-7-3-1-4-8-18/h1,3-4,7-8,10-11,13H,2,5-6,9,12,14-17H2,(H,32,33)(H,26,27,30). The van der Waals surface area contributed by atoms with Crippen molar-refractivity contribution in [2.75, 3.05) is 19.7 Å². The molecule has 9 nitrogen and oxygen atoms in total. The highest BCUT2D eigenvalue weighted by molar-refractivity contribution is 6.05. The van der Waals surface area contributed by atoms with Crippen molar-refractivity contribution in [2.45, 2.75) is 38.8 Å². The smallest absolute Gasteiger partial charge is 0.323 e. The Morgan fingerprint density at radius 2 is 1.91 bits per heavy atom. The third kappa shape index (κ3) is 6.12. The summed E-state index contributed by atoms with van der Waals surface area (Å²) >= 11 is 0. The molecule has 2 N–H and O–H groups in total. The van der Waals surface area contributed by atoms with Crippen LogP contribution in [0, 0.1) is 0 Å². The highest BCUT2D eigenvalue weighted by atomic mass is 16.5. The number of carbonyl (C=O) groups is 3. The van der Waals surface area contributed by atoms with E-state index in [-0.39, 0.29) is 18.4 Å². The maximum atomic E-state index is 12.6. The van der Waals surface area contributed by atoms with E-state index in [2.05, 4.69) is 10.3 Å². The van der Waals surface area contributed by atoms with Gasteiger partial charge in [-0.1, -0.05) is 36.4 Å². The molecule has 0 atom stereocenters. The number of rotatable bonds is 11. The number of nitrogens with zero attached hydrogens (tertiary/aromatic N) is 3. The van der Waals surface area contributed by atoms with E-state index < -0.39 is 5.97 Å². The molecule has 1 saturated heterocycles. The Bertz CT molecular complexity index is 1090. The van der Waals surface area contributed by atoms with Crippen LogP contribution in [0.2, 0.25) is 0 Å². The molecule has 0 spiro atoms. The molecule has 0 radical (unpaired) electrons. The minimum Gasteiger partial charge on any atom is -0.494 e. The molecule has 2 aromatic rings. The van der Waals surface area contributed by atoms with Gasteiger partial charge < -0.3 is 19.6 Å². The predicted octanol–water partition coefficient (Wildman–Crippen LogP) is 2.67. The number of nitrogens with one attached hydrogen (secondary N) is 1. The number of carboxylic acid groups (broad SMARTS) is 1. The van der Waals surface area contributed by atoms with E-state index in [1.807, 2.05) is 53.4 Å². The molecule has 1 fully saturated rings. The maximum absolute atomic E-state index is 12.6. The fourth-order valence-corrected chi connectivity index (χ4v) is 4.01. The highest BCUT2D eigenvalue weighted by Gasteiger charge is 2.29. The van der Waals surface area contributed by atoms with Crippen molar-refractivity contribution < 1.29 is 24.2 Å². The van der Waals surface area contributed by atoms with Crippen LogP contribution in [0.5, 0.6) is 5.75 Å². The number of amides is 2. The third-order valence-corrected chi connectivity index (χ3v) is 5.73. The second kappa shape index (κ2) is 10.8. The van der Waals surface area contributed by atoms with Gasteiger partial charge >= 0.3 is 5.97 Å². The van der Waals surface area contributed by atoms with E-state index in [9.17, 15) is 14.4 Å². The molecule has 2 aromatic carbocycles. The Morgan fingerprint density at radius 3 is 2.71 bits per heavy atom. The van der Waals surface area contributed by atoms with Crippen molar-refractivity contribution in [2.24, 2.45) is 4.99 Å². The van der Waals surface area contributed by atoms with E-state index in [0.717, 1.165) is 29.7 Å². The molecule has 2 heterocycles. The van der Waals surface area contributed by atoms with Crippen molar-refractivity contribution in [3.8, 4) is 5.75 Å². The number of hydrogen-bond donors (Lipinski definition) is 2. The predicted molar refractivity (Wildman–Crippen MR) is 126 cm³/mol. The molecule has 9 heteroatoms. The number of hydrogen-bond acceptors (Lipinski definition) is 6. The highest BCUT2D eigenvalue weighted by Crippen LogP contribution is 2.30. The number of guanidine groups is 1. The molecule has 2 aliphatic heterocycles. The Labute approximate surface area is 198 Å². The zero-order chi connectivity index (χ0) is 23.9. The quantitative estimate of drug-likeness (QED) is 0.495. The number of ether oxygens (including phenoxy) is 1. The fraction of sp³-hybridized carbons (Fsp3) is 0.360. The Morgan fingerprint density at radius 1 is 1.09 bits per heavy atom.